The van der Waals surface area contributed by atoms with Crippen LogP contribution in [-0.4, -0.2) is 73.1 Å². The minimum absolute atomic E-state index is 0. The topological polar surface area (TPSA) is 114 Å². The maximum atomic E-state index is 13.4. The third-order valence-electron chi connectivity index (χ3n) is 7.64. The zero-order valence-corrected chi connectivity index (χ0v) is 25.4. The number of nitrogens with one attached hydrogen (secondary N) is 1. The quantitative estimate of drug-likeness (QED) is 0.183. The number of aryl methyl sites for hydroxylation is 1. The van der Waals surface area contributed by atoms with Gasteiger partial charge in [0.05, 0.1) is 35.7 Å². The lowest BCUT2D eigenvalue weighted by Gasteiger charge is -2.34. The summed E-state index contributed by atoms with van der Waals surface area (Å²) in [6.45, 7) is 11.4. The van der Waals surface area contributed by atoms with Crippen LogP contribution in [0.1, 0.15) is 42.9 Å². The van der Waals surface area contributed by atoms with Crippen molar-refractivity contribution < 1.29 is 24.0 Å². The van der Waals surface area contributed by atoms with Crippen LogP contribution in [0, 0.1) is 17.0 Å². The highest BCUT2D eigenvalue weighted by molar-refractivity contribution is 5.99. The van der Waals surface area contributed by atoms with Gasteiger partial charge >= 0.3 is 11.9 Å². The number of halogens is 1. The van der Waals surface area contributed by atoms with Crippen LogP contribution in [0.25, 0.3) is 0 Å². The molecular formula is C31H39ClN4O6. The van der Waals surface area contributed by atoms with E-state index >= 15 is 0 Å². The highest BCUT2D eigenvalue weighted by atomic mass is 35.5. The van der Waals surface area contributed by atoms with Crippen molar-refractivity contribution in [2.45, 2.75) is 39.7 Å². The van der Waals surface area contributed by atoms with Gasteiger partial charge < -0.3 is 19.7 Å². The zero-order chi connectivity index (χ0) is 29.5. The highest BCUT2D eigenvalue weighted by Gasteiger charge is 2.38. The number of allylic oxidation sites excluding steroid dienone is 2. The van der Waals surface area contributed by atoms with Gasteiger partial charge in [0.1, 0.15) is 0 Å². The molecule has 2 aromatic rings. The van der Waals surface area contributed by atoms with E-state index in [4.69, 9.17) is 9.47 Å². The van der Waals surface area contributed by atoms with Crippen LogP contribution in [-0.2, 0) is 25.6 Å². The lowest BCUT2D eigenvalue weighted by Crippen LogP contribution is -2.46. The van der Waals surface area contributed by atoms with Gasteiger partial charge in [-0.3, -0.25) is 15.0 Å². The van der Waals surface area contributed by atoms with Crippen molar-refractivity contribution in [1.29, 1.82) is 0 Å². The number of dihydropyridines is 1. The van der Waals surface area contributed by atoms with Gasteiger partial charge in [-0.15, -0.1) is 12.4 Å². The minimum Gasteiger partial charge on any atom is -0.466 e. The van der Waals surface area contributed by atoms with E-state index in [9.17, 15) is 19.7 Å². The molecule has 2 aliphatic heterocycles. The van der Waals surface area contributed by atoms with Gasteiger partial charge in [0, 0.05) is 62.8 Å². The van der Waals surface area contributed by atoms with Crippen molar-refractivity contribution in [3.8, 4) is 0 Å². The van der Waals surface area contributed by atoms with Crippen molar-refractivity contribution in [3.05, 3.63) is 97.9 Å². The molecule has 1 saturated heterocycles. The Morgan fingerprint density at radius 2 is 1.57 bits per heavy atom. The summed E-state index contributed by atoms with van der Waals surface area (Å²) in [5, 5.41) is 14.5. The molecule has 1 N–H and O–H groups in total. The first kappa shape index (κ1) is 32.8. The van der Waals surface area contributed by atoms with Crippen LogP contribution >= 0.6 is 12.4 Å². The number of carbonyl (C=O) groups excluding carboxylic acids is 2. The molecule has 0 aliphatic carbocycles. The summed E-state index contributed by atoms with van der Waals surface area (Å²) in [6.07, 6.45) is 0.670. The Labute approximate surface area is 252 Å². The Kier molecular flexibility index (Phi) is 11.7. The molecule has 2 heterocycles. The molecule has 1 unspecified atom stereocenters. The number of piperazine rings is 1. The second-order valence-electron chi connectivity index (χ2n) is 10.6. The van der Waals surface area contributed by atoms with E-state index < -0.39 is 22.8 Å². The third kappa shape index (κ3) is 7.96. The van der Waals surface area contributed by atoms with Gasteiger partial charge in [-0.25, -0.2) is 9.59 Å². The van der Waals surface area contributed by atoms with E-state index in [0.29, 0.717) is 23.4 Å². The number of hydrogen-bond donors (Lipinski definition) is 1. The summed E-state index contributed by atoms with van der Waals surface area (Å²) < 4.78 is 10.7. The maximum absolute atomic E-state index is 13.4. The Balaban J connectivity index is 0.00000484. The second-order valence-corrected chi connectivity index (χ2v) is 10.6. The molecule has 2 aliphatic rings. The van der Waals surface area contributed by atoms with Crippen LogP contribution in [0.5, 0.6) is 0 Å². The summed E-state index contributed by atoms with van der Waals surface area (Å²) in [5.74, 6) is -2.05. The summed E-state index contributed by atoms with van der Waals surface area (Å²) >= 11 is 0. The van der Waals surface area contributed by atoms with E-state index in [1.165, 1.54) is 30.4 Å². The number of esters is 2. The molecule has 4 rings (SSSR count). The molecule has 0 amide bonds. The first-order valence-electron chi connectivity index (χ1n) is 13.9. The summed E-state index contributed by atoms with van der Waals surface area (Å²) in [7, 11) is 1.26. The number of ether oxygens (including phenoxy) is 2. The monoisotopic (exact) mass is 598 g/mol. The summed E-state index contributed by atoms with van der Waals surface area (Å²) in [6, 6.07) is 14.6. The SMILES string of the molecule is COC(=O)C1=C(C)NC(C)=C(C(=O)OCCCN2CCN(Cc3ccc(C)cc3)CC2)C1c1cccc([N+](=O)[O-])c1.Cl. The van der Waals surface area contributed by atoms with E-state index in [1.807, 2.05) is 0 Å². The molecule has 0 saturated carbocycles. The first-order chi connectivity index (χ1) is 19.7. The van der Waals surface area contributed by atoms with Crippen molar-refractivity contribution in [1.82, 2.24) is 15.1 Å². The Hall–Kier alpha value is -3.73. The minimum atomic E-state index is -0.863. The van der Waals surface area contributed by atoms with E-state index in [1.54, 1.807) is 26.0 Å². The van der Waals surface area contributed by atoms with Gasteiger partial charge in [-0.1, -0.05) is 42.0 Å². The fourth-order valence-corrected chi connectivity index (χ4v) is 5.45. The Morgan fingerprint density at radius 1 is 0.952 bits per heavy atom. The van der Waals surface area contributed by atoms with Crippen LogP contribution in [0.3, 0.4) is 0 Å². The zero-order valence-electron chi connectivity index (χ0n) is 24.6. The molecule has 0 aromatic heterocycles. The molecule has 42 heavy (non-hydrogen) atoms. The molecule has 0 bridgehead atoms. The fourth-order valence-electron chi connectivity index (χ4n) is 5.45. The average molecular weight is 599 g/mol. The number of nitro groups is 1. The molecular weight excluding hydrogens is 560 g/mol. The number of non-ortho nitro benzene ring substituents is 1. The van der Waals surface area contributed by atoms with Crippen molar-refractivity contribution in [2.75, 3.05) is 46.4 Å². The highest BCUT2D eigenvalue weighted by Crippen LogP contribution is 2.40. The number of methoxy groups -OCH3 is 1. The maximum Gasteiger partial charge on any atom is 0.336 e. The van der Waals surface area contributed by atoms with Crippen LogP contribution in [0.4, 0.5) is 5.69 Å². The van der Waals surface area contributed by atoms with E-state index in [-0.39, 0.29) is 35.8 Å². The second kappa shape index (κ2) is 14.9. The van der Waals surface area contributed by atoms with Crippen molar-refractivity contribution >= 4 is 30.0 Å². The normalized spacial score (nSPS) is 17.8. The number of benzene rings is 2. The van der Waals surface area contributed by atoms with Gasteiger partial charge in [0.25, 0.3) is 5.69 Å². The van der Waals surface area contributed by atoms with Crippen LogP contribution in [0.2, 0.25) is 0 Å². The molecule has 1 fully saturated rings. The summed E-state index contributed by atoms with van der Waals surface area (Å²) in [5.41, 5.74) is 4.39. The van der Waals surface area contributed by atoms with Gasteiger partial charge in [-0.2, -0.15) is 0 Å². The number of hydrogen-bond acceptors (Lipinski definition) is 9. The third-order valence-corrected chi connectivity index (χ3v) is 7.64. The standard InChI is InChI=1S/C31H38N4O6.ClH/c1-21-9-11-24(12-10-21)20-34-16-14-33(15-17-34)13-6-18-41-31(37)28-23(3)32-22(2)27(30(36)40-4)29(28)25-7-5-8-26(19-25)35(38)39;/h5,7-12,19,29,32H,6,13-18,20H2,1-4H3;1H. The van der Waals surface area contributed by atoms with Gasteiger partial charge in [0.2, 0.25) is 0 Å². The molecule has 2 aromatic carbocycles. The predicted octanol–water partition coefficient (Wildman–Crippen LogP) is 4.48. The smallest absolute Gasteiger partial charge is 0.336 e. The Morgan fingerprint density at radius 3 is 2.19 bits per heavy atom. The molecule has 0 spiro atoms. The van der Waals surface area contributed by atoms with Gasteiger partial charge in [-0.05, 0) is 38.3 Å². The van der Waals surface area contributed by atoms with E-state index in [0.717, 1.165) is 39.3 Å². The Bertz CT molecular complexity index is 1350. The lowest BCUT2D eigenvalue weighted by atomic mass is 9.80. The number of nitro benzene ring substituents is 1. The van der Waals surface area contributed by atoms with Crippen LogP contribution in [0.15, 0.2) is 71.1 Å². The molecule has 226 valence electrons. The molecule has 1 atom stereocenters. The predicted molar refractivity (Wildman–Crippen MR) is 162 cm³/mol. The van der Waals surface area contributed by atoms with Crippen molar-refractivity contribution in [3.63, 3.8) is 0 Å². The number of rotatable bonds is 10. The fraction of sp³-hybridized carbons (Fsp3) is 0.419. The van der Waals surface area contributed by atoms with Gasteiger partial charge in [0.15, 0.2) is 0 Å². The van der Waals surface area contributed by atoms with Crippen LogP contribution < -0.4 is 5.32 Å². The van der Waals surface area contributed by atoms with E-state index in [2.05, 4.69) is 46.3 Å². The molecule has 10 nitrogen and oxygen atoms in total. The van der Waals surface area contributed by atoms with Crippen molar-refractivity contribution in [2.24, 2.45) is 0 Å². The number of nitrogens with zero attached hydrogens (tertiary/aromatic N) is 3. The molecule has 0 radical (unpaired) electrons. The lowest BCUT2D eigenvalue weighted by molar-refractivity contribution is -0.384. The number of carbonyl (C=O) groups is 2. The average Bonchev–Trinajstić information content (AvgIpc) is 2.96. The first-order valence-corrected chi connectivity index (χ1v) is 13.9. The summed E-state index contributed by atoms with van der Waals surface area (Å²) in [4.78, 5) is 42.0. The largest absolute Gasteiger partial charge is 0.466 e. The molecule has 11 heteroatoms.